The van der Waals surface area contributed by atoms with Crippen molar-refractivity contribution in [2.75, 3.05) is 18.8 Å². The minimum absolute atomic E-state index is 0.353. The third-order valence-electron chi connectivity index (χ3n) is 5.75. The van der Waals surface area contributed by atoms with Crippen LogP contribution in [0.25, 0.3) is 11.1 Å². The van der Waals surface area contributed by atoms with E-state index in [2.05, 4.69) is 16.6 Å². The minimum Gasteiger partial charge on any atom is -0.399 e. The van der Waals surface area contributed by atoms with Crippen LogP contribution in [-0.2, 0) is 5.41 Å². The Hall–Kier alpha value is -2.90. The molecule has 4 N–H and O–H groups in total. The normalized spacial score (nSPS) is 14.0. The summed E-state index contributed by atoms with van der Waals surface area (Å²) in [4.78, 5) is 1.01. The zero-order chi connectivity index (χ0) is 22.8. The highest BCUT2D eigenvalue weighted by atomic mass is 32.2. The Labute approximate surface area is 190 Å². The molecule has 4 rings (SSSR count). The van der Waals surface area contributed by atoms with Crippen LogP contribution in [0.5, 0.6) is 0 Å². The standard InChI is InChI=1S/C25H24F3N3S/c1-17(30-16-25(26,27)28)24(14-15-31-32-19-12-10-18(29)11-13-19)22-8-4-2-6-20(22)21-7-3-5-9-23(21)24/h2-13,30-31H,1,14-16,29H2. The van der Waals surface area contributed by atoms with E-state index in [1.165, 1.54) is 11.9 Å². The minimum atomic E-state index is -4.33. The van der Waals surface area contributed by atoms with Crippen LogP contribution < -0.4 is 15.8 Å². The second-order valence-electron chi connectivity index (χ2n) is 7.76. The number of benzene rings is 3. The van der Waals surface area contributed by atoms with E-state index in [0.717, 1.165) is 27.1 Å². The van der Waals surface area contributed by atoms with E-state index in [9.17, 15) is 13.2 Å². The van der Waals surface area contributed by atoms with Gasteiger partial charge in [-0.25, -0.2) is 0 Å². The Balaban J connectivity index is 1.63. The maximum Gasteiger partial charge on any atom is 0.405 e. The molecule has 0 saturated carbocycles. The van der Waals surface area contributed by atoms with E-state index in [1.54, 1.807) is 0 Å². The number of halogens is 3. The maximum atomic E-state index is 13.0. The lowest BCUT2D eigenvalue weighted by Crippen LogP contribution is -2.40. The van der Waals surface area contributed by atoms with Gasteiger partial charge in [0.2, 0.25) is 0 Å². The van der Waals surface area contributed by atoms with Crippen LogP contribution in [0.2, 0.25) is 0 Å². The lowest BCUT2D eigenvalue weighted by atomic mass is 9.73. The van der Waals surface area contributed by atoms with Crippen molar-refractivity contribution in [1.82, 2.24) is 10.0 Å². The summed E-state index contributed by atoms with van der Waals surface area (Å²) in [5.74, 6) is 0. The Morgan fingerprint density at radius 1 is 0.906 bits per heavy atom. The van der Waals surface area contributed by atoms with Gasteiger partial charge in [0.1, 0.15) is 6.54 Å². The topological polar surface area (TPSA) is 50.1 Å². The molecule has 0 bridgehead atoms. The summed E-state index contributed by atoms with van der Waals surface area (Å²) in [6.07, 6.45) is -3.78. The summed E-state index contributed by atoms with van der Waals surface area (Å²) in [5, 5.41) is 2.58. The van der Waals surface area contributed by atoms with Crippen LogP contribution in [0, 0.1) is 0 Å². The van der Waals surface area contributed by atoms with E-state index in [1.807, 2.05) is 72.8 Å². The zero-order valence-corrected chi connectivity index (χ0v) is 18.2. The molecule has 1 aliphatic rings. The first-order valence-corrected chi connectivity index (χ1v) is 11.1. The Kier molecular flexibility index (Phi) is 6.22. The molecule has 0 spiro atoms. The first-order chi connectivity index (χ1) is 15.3. The largest absolute Gasteiger partial charge is 0.405 e. The molecule has 1 aliphatic carbocycles. The summed E-state index contributed by atoms with van der Waals surface area (Å²) in [5.41, 5.74) is 10.0. The highest BCUT2D eigenvalue weighted by Gasteiger charge is 2.45. The molecular formula is C25H24F3N3S. The van der Waals surface area contributed by atoms with E-state index in [4.69, 9.17) is 5.73 Å². The van der Waals surface area contributed by atoms with Gasteiger partial charge in [0.15, 0.2) is 0 Å². The molecule has 0 amide bonds. The van der Waals surface area contributed by atoms with Gasteiger partial charge in [-0.2, -0.15) is 13.2 Å². The number of nitrogen functional groups attached to an aromatic ring is 1. The highest BCUT2D eigenvalue weighted by molar-refractivity contribution is 7.97. The van der Waals surface area contributed by atoms with Crippen molar-refractivity contribution < 1.29 is 13.2 Å². The summed E-state index contributed by atoms with van der Waals surface area (Å²) in [6, 6.07) is 23.3. The maximum absolute atomic E-state index is 13.0. The number of nitrogens with two attached hydrogens (primary N) is 1. The fourth-order valence-electron chi connectivity index (χ4n) is 4.34. The van der Waals surface area contributed by atoms with E-state index in [-0.39, 0.29) is 0 Å². The van der Waals surface area contributed by atoms with Gasteiger partial charge in [-0.05, 0) is 64.9 Å². The molecule has 0 heterocycles. The number of nitrogens with one attached hydrogen (secondary N) is 2. The second-order valence-corrected chi connectivity index (χ2v) is 8.72. The number of allylic oxidation sites excluding steroid dienone is 1. The van der Waals surface area contributed by atoms with Gasteiger partial charge in [0.05, 0.1) is 5.41 Å². The van der Waals surface area contributed by atoms with Crippen molar-refractivity contribution >= 4 is 17.6 Å². The first kappa shape index (κ1) is 22.3. The van der Waals surface area contributed by atoms with Crippen molar-refractivity contribution in [3.8, 4) is 11.1 Å². The third-order valence-corrected chi connectivity index (χ3v) is 6.61. The number of alkyl halides is 3. The van der Waals surface area contributed by atoms with Gasteiger partial charge in [-0.3, -0.25) is 4.72 Å². The number of hydrogen-bond donors (Lipinski definition) is 3. The van der Waals surface area contributed by atoms with Crippen LogP contribution in [0.15, 0.2) is 90.0 Å². The fraction of sp³-hybridized carbons (Fsp3) is 0.200. The van der Waals surface area contributed by atoms with Crippen molar-refractivity contribution in [2.24, 2.45) is 0 Å². The number of hydrogen-bond acceptors (Lipinski definition) is 4. The van der Waals surface area contributed by atoms with E-state index >= 15 is 0 Å². The smallest absolute Gasteiger partial charge is 0.399 e. The molecule has 3 aromatic rings. The number of rotatable bonds is 8. The van der Waals surface area contributed by atoms with Crippen molar-refractivity contribution in [3.63, 3.8) is 0 Å². The monoisotopic (exact) mass is 455 g/mol. The van der Waals surface area contributed by atoms with E-state index < -0.39 is 18.1 Å². The first-order valence-electron chi connectivity index (χ1n) is 10.3. The molecule has 0 atom stereocenters. The molecule has 0 aliphatic heterocycles. The molecule has 3 aromatic carbocycles. The summed E-state index contributed by atoms with van der Waals surface area (Å²) in [6.45, 7) is 3.54. The lowest BCUT2D eigenvalue weighted by molar-refractivity contribution is -0.123. The average molecular weight is 456 g/mol. The highest BCUT2D eigenvalue weighted by Crippen LogP contribution is 2.53. The molecule has 7 heteroatoms. The van der Waals surface area contributed by atoms with Gasteiger partial charge in [-0.15, -0.1) is 0 Å². The molecule has 0 saturated heterocycles. The number of fused-ring (bicyclic) bond motifs is 3. The molecule has 166 valence electrons. The van der Waals surface area contributed by atoms with Gasteiger partial charge >= 0.3 is 6.18 Å². The van der Waals surface area contributed by atoms with E-state index in [0.29, 0.717) is 24.4 Å². The zero-order valence-electron chi connectivity index (χ0n) is 17.4. The summed E-state index contributed by atoms with van der Waals surface area (Å²) < 4.78 is 42.4. The molecular weight excluding hydrogens is 431 g/mol. The Morgan fingerprint density at radius 2 is 1.47 bits per heavy atom. The quantitative estimate of drug-likeness (QED) is 0.225. The van der Waals surface area contributed by atoms with Crippen LogP contribution in [0.3, 0.4) is 0 Å². The molecule has 3 nitrogen and oxygen atoms in total. The SMILES string of the molecule is C=C(NCC(F)(F)F)C1(CCNSc2ccc(N)cc2)c2ccccc2-c2ccccc21. The fourth-order valence-corrected chi connectivity index (χ4v) is 4.98. The Bertz CT molecular complexity index is 1060. The summed E-state index contributed by atoms with van der Waals surface area (Å²) in [7, 11) is 0. The second kappa shape index (κ2) is 8.92. The predicted molar refractivity (Wildman–Crippen MR) is 125 cm³/mol. The average Bonchev–Trinajstić information content (AvgIpc) is 3.07. The lowest BCUT2D eigenvalue weighted by Gasteiger charge is -2.35. The molecule has 0 aromatic heterocycles. The third kappa shape index (κ3) is 4.36. The van der Waals surface area contributed by atoms with Gasteiger partial charge in [0, 0.05) is 22.8 Å². The molecule has 32 heavy (non-hydrogen) atoms. The van der Waals surface area contributed by atoms with Crippen LogP contribution >= 0.6 is 11.9 Å². The van der Waals surface area contributed by atoms with Crippen molar-refractivity contribution in [1.29, 1.82) is 0 Å². The number of anilines is 1. The van der Waals surface area contributed by atoms with Gasteiger partial charge in [-0.1, -0.05) is 55.1 Å². The van der Waals surface area contributed by atoms with Crippen LogP contribution in [0.1, 0.15) is 17.5 Å². The molecule has 0 fully saturated rings. The van der Waals surface area contributed by atoms with Crippen LogP contribution in [-0.4, -0.2) is 19.3 Å². The predicted octanol–water partition coefficient (Wildman–Crippen LogP) is 5.89. The molecule has 0 radical (unpaired) electrons. The van der Waals surface area contributed by atoms with Crippen molar-refractivity contribution in [3.05, 3.63) is 96.2 Å². The van der Waals surface area contributed by atoms with Gasteiger partial charge in [0.25, 0.3) is 0 Å². The van der Waals surface area contributed by atoms with Crippen LogP contribution in [0.4, 0.5) is 18.9 Å². The Morgan fingerprint density at radius 3 is 2.03 bits per heavy atom. The van der Waals surface area contributed by atoms with Gasteiger partial charge < -0.3 is 11.1 Å². The van der Waals surface area contributed by atoms with Crippen molar-refractivity contribution in [2.45, 2.75) is 22.9 Å². The summed E-state index contributed by atoms with van der Waals surface area (Å²) >= 11 is 1.47. The molecule has 0 unspecified atom stereocenters.